The highest BCUT2D eigenvalue weighted by Crippen LogP contribution is 2.18. The van der Waals surface area contributed by atoms with E-state index >= 15 is 0 Å². The number of carbonyl (C=O) groups is 1. The van der Waals surface area contributed by atoms with Gasteiger partial charge in [-0.15, -0.1) is 0 Å². The predicted octanol–water partition coefficient (Wildman–Crippen LogP) is 2.88. The third kappa shape index (κ3) is 4.02. The minimum absolute atomic E-state index is 0.278. The van der Waals surface area contributed by atoms with Crippen molar-refractivity contribution in [2.24, 2.45) is 0 Å². The summed E-state index contributed by atoms with van der Waals surface area (Å²) in [6.45, 7) is 2.53. The number of carbonyl (C=O) groups excluding carboxylic acids is 1. The Morgan fingerprint density at radius 2 is 1.96 bits per heavy atom. The molecule has 2 heterocycles. The molecule has 1 fully saturated rings. The molecule has 6 nitrogen and oxygen atoms in total. The molecule has 24 heavy (non-hydrogen) atoms. The second kappa shape index (κ2) is 7.47. The lowest BCUT2D eigenvalue weighted by atomic mass is 10.2. The van der Waals surface area contributed by atoms with Crippen LogP contribution in [0.4, 0.5) is 16.3 Å². The van der Waals surface area contributed by atoms with Crippen molar-refractivity contribution in [3.05, 3.63) is 53.7 Å². The Bertz CT molecular complexity index is 745. The van der Waals surface area contributed by atoms with E-state index in [0.717, 1.165) is 24.5 Å². The van der Waals surface area contributed by atoms with Crippen molar-refractivity contribution >= 4 is 17.5 Å². The van der Waals surface area contributed by atoms with E-state index < -0.39 is 0 Å². The molecule has 3 rings (SSSR count). The zero-order valence-electron chi connectivity index (χ0n) is 13.3. The first kappa shape index (κ1) is 15.8. The lowest BCUT2D eigenvalue weighted by Gasteiger charge is -2.17. The highest BCUT2D eigenvalue weighted by molar-refractivity contribution is 5.89. The van der Waals surface area contributed by atoms with Crippen molar-refractivity contribution in [1.82, 2.24) is 10.3 Å². The zero-order valence-corrected chi connectivity index (χ0v) is 13.3. The van der Waals surface area contributed by atoms with Crippen LogP contribution in [0.1, 0.15) is 24.0 Å². The summed E-state index contributed by atoms with van der Waals surface area (Å²) in [6, 6.07) is 12.4. The summed E-state index contributed by atoms with van der Waals surface area (Å²) in [5, 5.41) is 14.3. The molecule has 0 atom stereocenters. The number of rotatable bonds is 4. The summed E-state index contributed by atoms with van der Waals surface area (Å²) in [7, 11) is 0. The van der Waals surface area contributed by atoms with Crippen LogP contribution in [0.5, 0.6) is 0 Å². The molecule has 2 amide bonds. The van der Waals surface area contributed by atoms with Gasteiger partial charge in [-0.3, -0.25) is 0 Å². The standard InChI is InChI=1S/C18H19N5O/c19-12-14-3-5-16(6-4-14)22-18(24)21-13-15-7-8-20-17(11-15)23-9-1-2-10-23/h3-8,11H,1-2,9-10,13H2,(H2,21,22,24). The van der Waals surface area contributed by atoms with E-state index in [2.05, 4.69) is 20.5 Å². The number of hydrogen-bond donors (Lipinski definition) is 2. The first-order valence-corrected chi connectivity index (χ1v) is 7.99. The van der Waals surface area contributed by atoms with Gasteiger partial charge in [0, 0.05) is 31.5 Å². The number of urea groups is 1. The molecule has 1 aliphatic heterocycles. The summed E-state index contributed by atoms with van der Waals surface area (Å²) < 4.78 is 0. The van der Waals surface area contributed by atoms with Crippen LogP contribution in [-0.2, 0) is 6.54 Å². The maximum atomic E-state index is 12.0. The molecule has 0 radical (unpaired) electrons. The molecule has 0 unspecified atom stereocenters. The molecule has 0 spiro atoms. The molecule has 2 N–H and O–H groups in total. The fourth-order valence-electron chi connectivity index (χ4n) is 2.68. The third-order valence-electron chi connectivity index (χ3n) is 3.96. The minimum Gasteiger partial charge on any atom is -0.357 e. The highest BCUT2D eigenvalue weighted by atomic mass is 16.2. The minimum atomic E-state index is -0.278. The first-order chi connectivity index (χ1) is 11.7. The van der Waals surface area contributed by atoms with Crippen LogP contribution in [0.15, 0.2) is 42.6 Å². The molecule has 0 bridgehead atoms. The van der Waals surface area contributed by atoms with Crippen molar-refractivity contribution in [2.75, 3.05) is 23.3 Å². The van der Waals surface area contributed by atoms with E-state index in [0.29, 0.717) is 17.8 Å². The summed E-state index contributed by atoms with van der Waals surface area (Å²) in [6.07, 6.45) is 4.19. The number of aromatic nitrogens is 1. The molecule has 0 aliphatic carbocycles. The van der Waals surface area contributed by atoms with Gasteiger partial charge >= 0.3 is 6.03 Å². The van der Waals surface area contributed by atoms with Gasteiger partial charge in [0.2, 0.25) is 0 Å². The summed E-state index contributed by atoms with van der Waals surface area (Å²) in [5.74, 6) is 0.972. The number of nitrogens with zero attached hydrogens (tertiary/aromatic N) is 3. The summed E-state index contributed by atoms with van der Waals surface area (Å²) >= 11 is 0. The monoisotopic (exact) mass is 321 g/mol. The molecule has 1 aromatic heterocycles. The maximum Gasteiger partial charge on any atom is 0.319 e. The van der Waals surface area contributed by atoms with E-state index in [-0.39, 0.29) is 6.03 Å². The van der Waals surface area contributed by atoms with Crippen molar-refractivity contribution in [3.8, 4) is 6.07 Å². The number of hydrogen-bond acceptors (Lipinski definition) is 4. The normalized spacial score (nSPS) is 13.4. The Kier molecular flexibility index (Phi) is 4.92. The second-order valence-electron chi connectivity index (χ2n) is 5.71. The van der Waals surface area contributed by atoms with Crippen LogP contribution in [0.3, 0.4) is 0 Å². The number of anilines is 2. The van der Waals surface area contributed by atoms with Crippen molar-refractivity contribution in [1.29, 1.82) is 5.26 Å². The Hall–Kier alpha value is -3.07. The van der Waals surface area contributed by atoms with Gasteiger partial charge in [0.05, 0.1) is 11.6 Å². The SMILES string of the molecule is N#Cc1ccc(NC(=O)NCc2ccnc(N3CCCC3)c2)cc1. The van der Waals surface area contributed by atoms with Crippen LogP contribution in [0.2, 0.25) is 0 Å². The quantitative estimate of drug-likeness (QED) is 0.907. The lowest BCUT2D eigenvalue weighted by Crippen LogP contribution is -2.28. The van der Waals surface area contributed by atoms with Gasteiger partial charge in [-0.2, -0.15) is 5.26 Å². The number of nitriles is 1. The van der Waals surface area contributed by atoms with Crippen molar-refractivity contribution in [2.45, 2.75) is 19.4 Å². The van der Waals surface area contributed by atoms with Gasteiger partial charge < -0.3 is 15.5 Å². The molecular formula is C18H19N5O. The van der Waals surface area contributed by atoms with E-state index in [1.54, 1.807) is 30.5 Å². The molecular weight excluding hydrogens is 302 g/mol. The molecule has 2 aromatic rings. The van der Waals surface area contributed by atoms with Crippen molar-refractivity contribution in [3.63, 3.8) is 0 Å². The second-order valence-corrected chi connectivity index (χ2v) is 5.71. The zero-order chi connectivity index (χ0) is 16.8. The van der Waals surface area contributed by atoms with Crippen LogP contribution in [0, 0.1) is 11.3 Å². The Balaban J connectivity index is 1.54. The van der Waals surface area contributed by atoms with Gasteiger partial charge in [-0.25, -0.2) is 9.78 Å². The van der Waals surface area contributed by atoms with Crippen LogP contribution in [-0.4, -0.2) is 24.1 Å². The van der Waals surface area contributed by atoms with Crippen LogP contribution >= 0.6 is 0 Å². The van der Waals surface area contributed by atoms with E-state index in [1.807, 2.05) is 18.2 Å². The largest absolute Gasteiger partial charge is 0.357 e. The lowest BCUT2D eigenvalue weighted by molar-refractivity contribution is 0.251. The topological polar surface area (TPSA) is 81.0 Å². The number of pyridine rings is 1. The average Bonchev–Trinajstić information content (AvgIpc) is 3.16. The van der Waals surface area contributed by atoms with Crippen molar-refractivity contribution < 1.29 is 4.79 Å². The van der Waals surface area contributed by atoms with E-state index in [9.17, 15) is 4.79 Å². The summed E-state index contributed by atoms with van der Waals surface area (Å²) in [4.78, 5) is 18.6. The van der Waals surface area contributed by atoms with Gasteiger partial charge in [-0.1, -0.05) is 0 Å². The first-order valence-electron chi connectivity index (χ1n) is 7.99. The smallest absolute Gasteiger partial charge is 0.319 e. The summed E-state index contributed by atoms with van der Waals surface area (Å²) in [5.41, 5.74) is 2.23. The molecule has 1 aromatic carbocycles. The fourth-order valence-corrected chi connectivity index (χ4v) is 2.68. The van der Waals surface area contributed by atoms with E-state index in [1.165, 1.54) is 12.8 Å². The third-order valence-corrected chi connectivity index (χ3v) is 3.96. The molecule has 1 saturated heterocycles. The van der Waals surface area contributed by atoms with Gasteiger partial charge in [-0.05, 0) is 54.8 Å². The Morgan fingerprint density at radius 1 is 1.21 bits per heavy atom. The fraction of sp³-hybridized carbons (Fsp3) is 0.278. The molecule has 0 saturated carbocycles. The maximum absolute atomic E-state index is 12.0. The molecule has 122 valence electrons. The molecule has 1 aliphatic rings. The van der Waals surface area contributed by atoms with Gasteiger partial charge in [0.1, 0.15) is 5.82 Å². The van der Waals surface area contributed by atoms with Crippen LogP contribution < -0.4 is 15.5 Å². The predicted molar refractivity (Wildman–Crippen MR) is 92.7 cm³/mol. The Morgan fingerprint density at radius 3 is 2.67 bits per heavy atom. The van der Waals surface area contributed by atoms with E-state index in [4.69, 9.17) is 5.26 Å². The number of benzene rings is 1. The molecule has 6 heteroatoms. The van der Waals surface area contributed by atoms with Gasteiger partial charge in [0.25, 0.3) is 0 Å². The Labute approximate surface area is 141 Å². The highest BCUT2D eigenvalue weighted by Gasteiger charge is 2.13. The number of amides is 2. The number of nitrogens with one attached hydrogen (secondary N) is 2. The van der Waals surface area contributed by atoms with Crippen LogP contribution in [0.25, 0.3) is 0 Å². The average molecular weight is 321 g/mol. The van der Waals surface area contributed by atoms with Gasteiger partial charge in [0.15, 0.2) is 0 Å².